The summed E-state index contributed by atoms with van der Waals surface area (Å²) >= 11 is 0. The number of nitrogens with zero attached hydrogens (tertiary/aromatic N) is 3. The van der Waals surface area contributed by atoms with Gasteiger partial charge in [0, 0.05) is 44.0 Å². The molecule has 0 saturated carbocycles. The van der Waals surface area contributed by atoms with Crippen molar-refractivity contribution in [2.75, 3.05) is 63.9 Å². The van der Waals surface area contributed by atoms with Gasteiger partial charge in [0.05, 0.1) is 19.8 Å². The molecule has 5 rings (SSSR count). The van der Waals surface area contributed by atoms with Gasteiger partial charge in [0.2, 0.25) is 5.79 Å². The molecule has 3 aliphatic heterocycles. The molecule has 30 heavy (non-hydrogen) atoms. The van der Waals surface area contributed by atoms with Gasteiger partial charge < -0.3 is 19.5 Å². The normalized spacial score (nSPS) is 21.8. The van der Waals surface area contributed by atoms with Crippen molar-refractivity contribution in [2.45, 2.75) is 18.8 Å². The number of benzene rings is 2. The first kappa shape index (κ1) is 19.8. The van der Waals surface area contributed by atoms with Crippen LogP contribution in [0.3, 0.4) is 0 Å². The van der Waals surface area contributed by atoms with Gasteiger partial charge in [0.1, 0.15) is 5.75 Å². The lowest BCUT2D eigenvalue weighted by Crippen LogP contribution is -2.48. The van der Waals surface area contributed by atoms with E-state index in [4.69, 9.17) is 9.47 Å². The quantitative estimate of drug-likeness (QED) is 0.819. The van der Waals surface area contributed by atoms with E-state index in [-0.39, 0.29) is 0 Å². The fraction of sp³-hybridized carbons (Fsp3) is 0.500. The Morgan fingerprint density at radius 1 is 0.833 bits per heavy atom. The number of piperazine rings is 1. The van der Waals surface area contributed by atoms with Crippen molar-refractivity contribution in [2.24, 2.45) is 0 Å². The highest BCUT2D eigenvalue weighted by atomic mass is 16.7. The molecule has 2 aromatic rings. The maximum absolute atomic E-state index is 9.48. The van der Waals surface area contributed by atoms with Crippen molar-refractivity contribution >= 4 is 5.69 Å². The lowest BCUT2D eigenvalue weighted by molar-refractivity contribution is -0.187. The van der Waals surface area contributed by atoms with Crippen molar-refractivity contribution < 1.29 is 14.6 Å². The Morgan fingerprint density at radius 2 is 1.53 bits per heavy atom. The molecule has 2 aromatic carbocycles. The number of hydrogen-bond acceptors (Lipinski definition) is 6. The molecule has 6 heteroatoms. The Kier molecular flexibility index (Phi) is 5.65. The molecule has 0 amide bonds. The summed E-state index contributed by atoms with van der Waals surface area (Å²) in [6.07, 6.45) is 1.15. The monoisotopic (exact) mass is 409 g/mol. The van der Waals surface area contributed by atoms with E-state index in [1.807, 2.05) is 12.1 Å². The summed E-state index contributed by atoms with van der Waals surface area (Å²) in [7, 11) is 0. The van der Waals surface area contributed by atoms with E-state index >= 15 is 0 Å². The molecular formula is C24H31N3O3. The third-order valence-corrected chi connectivity index (χ3v) is 6.54. The fourth-order valence-electron chi connectivity index (χ4n) is 4.98. The Morgan fingerprint density at radius 3 is 2.30 bits per heavy atom. The minimum atomic E-state index is -0.565. The summed E-state index contributed by atoms with van der Waals surface area (Å²) in [5, 5.41) is 9.48. The Labute approximate surface area is 178 Å². The van der Waals surface area contributed by atoms with Gasteiger partial charge in [0.25, 0.3) is 0 Å². The summed E-state index contributed by atoms with van der Waals surface area (Å²) in [4.78, 5) is 7.45. The lowest BCUT2D eigenvalue weighted by Gasteiger charge is -2.40. The van der Waals surface area contributed by atoms with Crippen LogP contribution in [0.4, 0.5) is 5.69 Å². The molecule has 0 radical (unpaired) electrons. The highest BCUT2D eigenvalue weighted by molar-refractivity contribution is 5.49. The van der Waals surface area contributed by atoms with Gasteiger partial charge in [-0.1, -0.05) is 24.3 Å². The van der Waals surface area contributed by atoms with Crippen LogP contribution in [0.15, 0.2) is 48.5 Å². The van der Waals surface area contributed by atoms with Gasteiger partial charge in [-0.05, 0) is 49.3 Å². The molecule has 0 unspecified atom stereocenters. The van der Waals surface area contributed by atoms with E-state index in [0.29, 0.717) is 19.0 Å². The molecule has 0 atom stereocenters. The lowest BCUT2D eigenvalue weighted by atomic mass is 9.94. The second-order valence-electron chi connectivity index (χ2n) is 8.52. The van der Waals surface area contributed by atoms with Crippen LogP contribution in [0.2, 0.25) is 0 Å². The van der Waals surface area contributed by atoms with E-state index < -0.39 is 5.79 Å². The summed E-state index contributed by atoms with van der Waals surface area (Å²) in [5.41, 5.74) is 3.73. The van der Waals surface area contributed by atoms with Gasteiger partial charge in [-0.15, -0.1) is 0 Å². The van der Waals surface area contributed by atoms with Crippen LogP contribution in [0, 0.1) is 0 Å². The number of fused-ring (bicyclic) bond motifs is 2. The highest BCUT2D eigenvalue weighted by Crippen LogP contribution is 2.38. The van der Waals surface area contributed by atoms with E-state index in [9.17, 15) is 5.11 Å². The summed E-state index contributed by atoms with van der Waals surface area (Å²) < 4.78 is 12.2. The highest BCUT2D eigenvalue weighted by Gasteiger charge is 2.44. The second-order valence-corrected chi connectivity index (χ2v) is 8.52. The molecule has 0 aromatic heterocycles. The molecule has 3 heterocycles. The number of phenols is 1. The molecule has 2 saturated heterocycles. The predicted octanol–water partition coefficient (Wildman–Crippen LogP) is 2.62. The molecule has 1 spiro atoms. The van der Waals surface area contributed by atoms with Crippen molar-refractivity contribution in [3.63, 3.8) is 0 Å². The molecule has 3 aliphatic rings. The van der Waals surface area contributed by atoms with Crippen LogP contribution < -0.4 is 4.90 Å². The van der Waals surface area contributed by atoms with Crippen LogP contribution in [0.1, 0.15) is 17.5 Å². The average Bonchev–Trinajstić information content (AvgIpc) is 3.24. The van der Waals surface area contributed by atoms with Crippen LogP contribution in [0.5, 0.6) is 5.75 Å². The van der Waals surface area contributed by atoms with Crippen molar-refractivity contribution in [1.82, 2.24) is 9.80 Å². The van der Waals surface area contributed by atoms with E-state index in [1.165, 1.54) is 16.8 Å². The molecule has 2 fully saturated rings. The first-order chi connectivity index (χ1) is 14.7. The summed E-state index contributed by atoms with van der Waals surface area (Å²) in [6.45, 7) is 9.55. The van der Waals surface area contributed by atoms with Crippen LogP contribution in [0.25, 0.3) is 0 Å². The van der Waals surface area contributed by atoms with Gasteiger partial charge in [-0.3, -0.25) is 9.80 Å². The predicted molar refractivity (Wildman–Crippen MR) is 117 cm³/mol. The van der Waals surface area contributed by atoms with Crippen molar-refractivity contribution in [1.29, 1.82) is 0 Å². The number of phenolic OH excluding ortho intramolecular Hbond substituents is 1. The van der Waals surface area contributed by atoms with Crippen LogP contribution in [-0.2, 0) is 21.8 Å². The number of ether oxygens (including phenoxy) is 2. The number of aromatic hydroxyl groups is 1. The maximum Gasteiger partial charge on any atom is 0.208 e. The summed E-state index contributed by atoms with van der Waals surface area (Å²) in [6, 6.07) is 16.1. The SMILES string of the molecule is Oc1ccc(N2CCN(CCCN3Cc4ccccc4C4(C3)OCCO4)CC2)cc1. The van der Waals surface area contributed by atoms with Gasteiger partial charge in [-0.25, -0.2) is 0 Å². The number of hydrogen-bond donors (Lipinski definition) is 1. The number of anilines is 1. The molecular weight excluding hydrogens is 378 g/mol. The zero-order chi connectivity index (χ0) is 20.4. The Hall–Kier alpha value is -2.12. The molecule has 160 valence electrons. The minimum absolute atomic E-state index is 0.327. The van der Waals surface area contributed by atoms with Gasteiger partial charge >= 0.3 is 0 Å². The zero-order valence-electron chi connectivity index (χ0n) is 17.5. The van der Waals surface area contributed by atoms with Crippen LogP contribution >= 0.6 is 0 Å². The Bertz CT molecular complexity index is 843. The van der Waals surface area contributed by atoms with Gasteiger partial charge in [0.15, 0.2) is 0 Å². The molecule has 6 nitrogen and oxygen atoms in total. The first-order valence-electron chi connectivity index (χ1n) is 11.1. The average molecular weight is 410 g/mol. The topological polar surface area (TPSA) is 48.4 Å². The standard InChI is InChI=1S/C24H31N3O3/c28-22-8-6-21(7-9-22)27-14-12-25(13-15-27)10-3-11-26-18-20-4-1-2-5-23(20)24(19-26)29-16-17-30-24/h1-2,4-9,28H,3,10-19H2. The molecule has 1 N–H and O–H groups in total. The minimum Gasteiger partial charge on any atom is -0.508 e. The molecule has 0 aliphatic carbocycles. The van der Waals surface area contributed by atoms with Crippen molar-refractivity contribution in [3.05, 3.63) is 59.7 Å². The second kappa shape index (κ2) is 8.55. The Balaban J connectivity index is 1.11. The van der Waals surface area contributed by atoms with E-state index in [2.05, 4.69) is 39.0 Å². The van der Waals surface area contributed by atoms with E-state index in [0.717, 1.165) is 58.8 Å². The largest absolute Gasteiger partial charge is 0.508 e. The van der Waals surface area contributed by atoms with Crippen LogP contribution in [-0.4, -0.2) is 73.9 Å². The zero-order valence-corrected chi connectivity index (χ0v) is 17.5. The maximum atomic E-state index is 9.48. The first-order valence-corrected chi connectivity index (χ1v) is 11.1. The van der Waals surface area contributed by atoms with E-state index in [1.54, 1.807) is 12.1 Å². The smallest absolute Gasteiger partial charge is 0.208 e. The number of rotatable bonds is 5. The fourth-order valence-corrected chi connectivity index (χ4v) is 4.98. The van der Waals surface area contributed by atoms with Gasteiger partial charge in [-0.2, -0.15) is 0 Å². The van der Waals surface area contributed by atoms with Crippen molar-refractivity contribution in [3.8, 4) is 5.75 Å². The molecule has 0 bridgehead atoms. The third kappa shape index (κ3) is 4.05. The summed E-state index contributed by atoms with van der Waals surface area (Å²) in [5.74, 6) is -0.238. The third-order valence-electron chi connectivity index (χ3n) is 6.54.